The van der Waals surface area contributed by atoms with Crippen molar-refractivity contribution in [3.05, 3.63) is 41.0 Å². The van der Waals surface area contributed by atoms with Crippen molar-refractivity contribution in [2.24, 2.45) is 5.73 Å². The summed E-state index contributed by atoms with van der Waals surface area (Å²) in [7, 11) is 0. The van der Waals surface area contributed by atoms with E-state index in [1.54, 1.807) is 23.1 Å². The molecule has 160 valence electrons. The van der Waals surface area contributed by atoms with Crippen LogP contribution in [0.2, 0.25) is 5.02 Å². The third-order valence-corrected chi connectivity index (χ3v) is 5.55. The van der Waals surface area contributed by atoms with Gasteiger partial charge in [-0.2, -0.15) is 5.10 Å². The second-order valence-corrected chi connectivity index (χ2v) is 8.14. The van der Waals surface area contributed by atoms with Crippen LogP contribution in [0.4, 0.5) is 0 Å². The van der Waals surface area contributed by atoms with E-state index in [0.717, 1.165) is 24.8 Å². The zero-order chi connectivity index (χ0) is 21.7. The first-order valence-electron chi connectivity index (χ1n) is 10.3. The van der Waals surface area contributed by atoms with Crippen LogP contribution in [0, 0.1) is 0 Å². The number of primary amides is 1. The predicted octanol–water partition coefficient (Wildman–Crippen LogP) is 3.62. The lowest BCUT2D eigenvalue weighted by Gasteiger charge is -2.33. The van der Waals surface area contributed by atoms with Crippen molar-refractivity contribution >= 4 is 29.2 Å². The number of carbonyl (C=O) groups excluding carboxylic acids is 3. The normalized spacial score (nSPS) is 15.9. The van der Waals surface area contributed by atoms with Gasteiger partial charge in [0, 0.05) is 30.0 Å². The number of aromatic nitrogens is 2. The number of unbranched alkanes of at least 4 members (excludes halogenated alkanes) is 1. The van der Waals surface area contributed by atoms with E-state index >= 15 is 0 Å². The minimum atomic E-state index is -0.421. The standard InChI is InChI=1S/C22H27ClN4O3/c1-2-3-5-17-13-26(14-18(28)6-4-7-21(24)29)22(30)20-12-19(25-27(17)20)15-8-10-16(23)11-9-15/h8-12,17H,2-7,13-14H2,1H3,(H2,24,29). The van der Waals surface area contributed by atoms with E-state index in [2.05, 4.69) is 6.92 Å². The Morgan fingerprint density at radius 3 is 2.60 bits per heavy atom. The molecule has 0 spiro atoms. The molecule has 3 rings (SSSR count). The Morgan fingerprint density at radius 1 is 1.20 bits per heavy atom. The highest BCUT2D eigenvalue weighted by atomic mass is 35.5. The van der Waals surface area contributed by atoms with Crippen molar-refractivity contribution in [2.75, 3.05) is 13.1 Å². The van der Waals surface area contributed by atoms with Crippen LogP contribution >= 0.6 is 11.6 Å². The highest BCUT2D eigenvalue weighted by Crippen LogP contribution is 2.29. The molecule has 0 aliphatic carbocycles. The summed E-state index contributed by atoms with van der Waals surface area (Å²) in [6.45, 7) is 2.62. The molecule has 2 heterocycles. The lowest BCUT2D eigenvalue weighted by atomic mass is 10.1. The largest absolute Gasteiger partial charge is 0.370 e. The fourth-order valence-electron chi connectivity index (χ4n) is 3.71. The second kappa shape index (κ2) is 9.89. The van der Waals surface area contributed by atoms with Crippen LogP contribution in [-0.2, 0) is 9.59 Å². The first-order valence-corrected chi connectivity index (χ1v) is 10.7. The topological polar surface area (TPSA) is 98.3 Å². The summed E-state index contributed by atoms with van der Waals surface area (Å²) in [4.78, 5) is 37.9. The predicted molar refractivity (Wildman–Crippen MR) is 115 cm³/mol. The molecule has 0 bridgehead atoms. The van der Waals surface area contributed by atoms with Gasteiger partial charge < -0.3 is 10.6 Å². The molecule has 1 aliphatic rings. The molecule has 30 heavy (non-hydrogen) atoms. The maximum Gasteiger partial charge on any atom is 0.272 e. The van der Waals surface area contributed by atoms with Crippen molar-refractivity contribution in [3.63, 3.8) is 0 Å². The van der Waals surface area contributed by atoms with Crippen LogP contribution in [0.5, 0.6) is 0 Å². The third-order valence-electron chi connectivity index (χ3n) is 5.30. The quantitative estimate of drug-likeness (QED) is 0.622. The maximum absolute atomic E-state index is 13.1. The summed E-state index contributed by atoms with van der Waals surface area (Å²) in [6, 6.07) is 9.15. The van der Waals surface area contributed by atoms with Crippen LogP contribution in [0.1, 0.15) is 62.0 Å². The van der Waals surface area contributed by atoms with Gasteiger partial charge in [0.25, 0.3) is 5.91 Å². The van der Waals surface area contributed by atoms with Gasteiger partial charge in [-0.15, -0.1) is 0 Å². The lowest BCUT2D eigenvalue weighted by molar-refractivity contribution is -0.120. The second-order valence-electron chi connectivity index (χ2n) is 7.71. The Balaban J connectivity index is 1.80. The van der Waals surface area contributed by atoms with Crippen molar-refractivity contribution in [1.29, 1.82) is 0 Å². The van der Waals surface area contributed by atoms with Crippen LogP contribution in [0.25, 0.3) is 11.3 Å². The van der Waals surface area contributed by atoms with Gasteiger partial charge in [0.1, 0.15) is 5.69 Å². The number of halogens is 1. The van der Waals surface area contributed by atoms with E-state index in [1.807, 2.05) is 16.8 Å². The molecule has 0 saturated carbocycles. The van der Waals surface area contributed by atoms with Crippen molar-refractivity contribution < 1.29 is 14.4 Å². The molecule has 8 heteroatoms. The van der Waals surface area contributed by atoms with E-state index in [0.29, 0.717) is 29.4 Å². The zero-order valence-corrected chi connectivity index (χ0v) is 17.9. The van der Waals surface area contributed by atoms with Crippen molar-refractivity contribution in [2.45, 2.75) is 51.5 Å². The zero-order valence-electron chi connectivity index (χ0n) is 17.1. The number of ketones is 1. The molecule has 2 N–H and O–H groups in total. The van der Waals surface area contributed by atoms with E-state index < -0.39 is 5.91 Å². The molecule has 1 aromatic heterocycles. The highest BCUT2D eigenvalue weighted by molar-refractivity contribution is 6.30. The number of amides is 2. The van der Waals surface area contributed by atoms with Gasteiger partial charge in [-0.3, -0.25) is 19.1 Å². The number of benzene rings is 1. The molecule has 1 atom stereocenters. The molecule has 2 aromatic rings. The fraction of sp³-hybridized carbons (Fsp3) is 0.455. The molecule has 0 fully saturated rings. The minimum Gasteiger partial charge on any atom is -0.370 e. The Labute approximate surface area is 181 Å². The third kappa shape index (κ3) is 5.27. The molecule has 2 amide bonds. The van der Waals surface area contributed by atoms with Gasteiger partial charge in [0.05, 0.1) is 18.3 Å². The maximum atomic E-state index is 13.1. The Kier molecular flexibility index (Phi) is 7.26. The smallest absolute Gasteiger partial charge is 0.272 e. The number of Topliss-reactive ketones (excluding diaryl/α,β-unsaturated/α-hetero) is 1. The van der Waals surface area contributed by atoms with Crippen LogP contribution in [-0.4, -0.2) is 45.4 Å². The average molecular weight is 431 g/mol. The summed E-state index contributed by atoms with van der Waals surface area (Å²) in [5.74, 6) is -0.682. The number of hydrogen-bond donors (Lipinski definition) is 1. The molecule has 0 radical (unpaired) electrons. The molecule has 0 saturated heterocycles. The number of fused-ring (bicyclic) bond motifs is 1. The minimum absolute atomic E-state index is 0.0251. The van der Waals surface area contributed by atoms with Crippen molar-refractivity contribution in [3.8, 4) is 11.3 Å². The van der Waals surface area contributed by atoms with Crippen LogP contribution in [0.15, 0.2) is 30.3 Å². The summed E-state index contributed by atoms with van der Waals surface area (Å²) in [5, 5.41) is 5.35. The number of carbonyl (C=O) groups is 3. The summed E-state index contributed by atoms with van der Waals surface area (Å²) < 4.78 is 1.82. The number of rotatable bonds is 10. The highest BCUT2D eigenvalue weighted by Gasteiger charge is 2.33. The van der Waals surface area contributed by atoms with Crippen molar-refractivity contribution in [1.82, 2.24) is 14.7 Å². The monoisotopic (exact) mass is 430 g/mol. The molecular formula is C22H27ClN4O3. The fourth-order valence-corrected chi connectivity index (χ4v) is 3.84. The summed E-state index contributed by atoms with van der Waals surface area (Å²) in [6.07, 6.45) is 3.75. The summed E-state index contributed by atoms with van der Waals surface area (Å²) >= 11 is 5.98. The number of nitrogens with two attached hydrogens (primary N) is 1. The molecular weight excluding hydrogens is 404 g/mol. The summed E-state index contributed by atoms with van der Waals surface area (Å²) in [5.41, 5.74) is 7.23. The van der Waals surface area contributed by atoms with E-state index in [-0.39, 0.29) is 37.1 Å². The average Bonchev–Trinajstić information content (AvgIpc) is 3.15. The molecule has 1 aliphatic heterocycles. The Morgan fingerprint density at radius 2 is 1.93 bits per heavy atom. The number of nitrogens with zero attached hydrogens (tertiary/aromatic N) is 3. The van der Waals surface area contributed by atoms with Gasteiger partial charge in [-0.1, -0.05) is 43.5 Å². The first-order chi connectivity index (χ1) is 14.4. The molecule has 1 aromatic carbocycles. The van der Waals surface area contributed by atoms with E-state index in [4.69, 9.17) is 22.4 Å². The Hall–Kier alpha value is -2.67. The van der Waals surface area contributed by atoms with Gasteiger partial charge in [0.2, 0.25) is 5.91 Å². The van der Waals surface area contributed by atoms with Crippen LogP contribution in [0.3, 0.4) is 0 Å². The van der Waals surface area contributed by atoms with Gasteiger partial charge >= 0.3 is 0 Å². The molecule has 7 nitrogen and oxygen atoms in total. The SMILES string of the molecule is CCCCC1CN(CC(=O)CCCC(N)=O)C(=O)c2cc(-c3ccc(Cl)cc3)nn21. The van der Waals surface area contributed by atoms with E-state index in [9.17, 15) is 14.4 Å². The van der Waals surface area contributed by atoms with E-state index in [1.165, 1.54) is 0 Å². The van der Waals surface area contributed by atoms with Gasteiger partial charge in [0.15, 0.2) is 5.78 Å². The molecule has 1 unspecified atom stereocenters. The van der Waals surface area contributed by atoms with Gasteiger partial charge in [-0.05, 0) is 31.0 Å². The van der Waals surface area contributed by atoms with Crippen LogP contribution < -0.4 is 5.73 Å². The lowest BCUT2D eigenvalue weighted by Crippen LogP contribution is -2.45. The Bertz CT molecular complexity index is 923. The number of hydrogen-bond acceptors (Lipinski definition) is 4. The van der Waals surface area contributed by atoms with Gasteiger partial charge in [-0.25, -0.2) is 0 Å². The first kappa shape index (κ1) is 22.0.